The van der Waals surface area contributed by atoms with E-state index in [0.717, 1.165) is 5.56 Å². The third kappa shape index (κ3) is 4.14. The number of aliphatic hydroxyl groups is 1. The van der Waals surface area contributed by atoms with Gasteiger partial charge < -0.3 is 9.84 Å². The average Bonchev–Trinajstić information content (AvgIpc) is 2.18. The van der Waals surface area contributed by atoms with Crippen molar-refractivity contribution in [2.75, 3.05) is 6.61 Å². The molecule has 86 valence electrons. The maximum Gasteiger partial charge on any atom is 0.137 e. The topological polar surface area (TPSA) is 29.5 Å². The fourth-order valence-corrected chi connectivity index (χ4v) is 1.31. The molecule has 0 saturated carbocycles. The van der Waals surface area contributed by atoms with E-state index < -0.39 is 5.60 Å². The smallest absolute Gasteiger partial charge is 0.137 e. The van der Waals surface area contributed by atoms with Crippen LogP contribution in [0.1, 0.15) is 26.3 Å². The predicted octanol–water partition coefficient (Wildman–Crippen LogP) is 2.86. The second-order valence-electron chi connectivity index (χ2n) is 3.89. The van der Waals surface area contributed by atoms with Crippen LogP contribution < -0.4 is 4.74 Å². The third-order valence-corrected chi connectivity index (χ3v) is 2.04. The van der Waals surface area contributed by atoms with Crippen LogP contribution in [0.25, 0.3) is 0 Å². The van der Waals surface area contributed by atoms with Gasteiger partial charge in [-0.25, -0.2) is 0 Å². The van der Waals surface area contributed by atoms with Gasteiger partial charge in [-0.3, -0.25) is 0 Å². The zero-order chi connectivity index (χ0) is 12.2. The summed E-state index contributed by atoms with van der Waals surface area (Å²) in [4.78, 5) is 0. The molecule has 1 N–H and O–H groups in total. The fraction of sp³-hybridized carbons (Fsp3) is 0.385. The second kappa shape index (κ2) is 5.25. The Morgan fingerprint density at radius 1 is 1.44 bits per heavy atom. The van der Waals surface area contributed by atoms with Crippen LogP contribution in [0.2, 0.25) is 5.02 Å². The van der Waals surface area contributed by atoms with Crippen LogP contribution in [-0.4, -0.2) is 17.3 Å². The molecule has 1 rings (SSSR count). The van der Waals surface area contributed by atoms with Crippen molar-refractivity contribution in [3.8, 4) is 17.6 Å². The number of hydrogen-bond donors (Lipinski definition) is 1. The van der Waals surface area contributed by atoms with Crippen molar-refractivity contribution in [3.63, 3.8) is 0 Å². The number of benzene rings is 1. The number of rotatable bonds is 2. The van der Waals surface area contributed by atoms with E-state index in [0.29, 0.717) is 17.4 Å². The van der Waals surface area contributed by atoms with Crippen LogP contribution in [0.3, 0.4) is 0 Å². The Balaban J connectivity index is 2.92. The van der Waals surface area contributed by atoms with Gasteiger partial charge in [0.05, 0.1) is 11.6 Å². The maximum atomic E-state index is 9.46. The van der Waals surface area contributed by atoms with E-state index in [9.17, 15) is 5.11 Å². The lowest BCUT2D eigenvalue weighted by Gasteiger charge is -2.07. The van der Waals surface area contributed by atoms with Gasteiger partial charge in [0.15, 0.2) is 0 Å². The molecule has 0 heterocycles. The first-order valence-corrected chi connectivity index (χ1v) is 5.48. The molecule has 0 amide bonds. The second-order valence-corrected chi connectivity index (χ2v) is 4.29. The molecule has 0 bridgehead atoms. The zero-order valence-electron chi connectivity index (χ0n) is 9.67. The van der Waals surface area contributed by atoms with E-state index in [1.54, 1.807) is 26.0 Å². The Hall–Kier alpha value is -1.17. The molecule has 0 aliphatic carbocycles. The summed E-state index contributed by atoms with van der Waals surface area (Å²) in [7, 11) is 0. The van der Waals surface area contributed by atoms with Gasteiger partial charge in [0.2, 0.25) is 0 Å². The molecule has 0 atom stereocenters. The highest BCUT2D eigenvalue weighted by Gasteiger charge is 2.06. The highest BCUT2D eigenvalue weighted by Crippen LogP contribution is 2.25. The van der Waals surface area contributed by atoms with Gasteiger partial charge in [-0.05, 0) is 39.0 Å². The number of ether oxygens (including phenoxy) is 1. The molecular weight excluding hydrogens is 224 g/mol. The molecule has 0 fully saturated rings. The molecular formula is C13H15ClO2. The van der Waals surface area contributed by atoms with Crippen molar-refractivity contribution in [2.45, 2.75) is 26.4 Å². The summed E-state index contributed by atoms with van der Waals surface area (Å²) in [5.74, 6) is 6.23. The van der Waals surface area contributed by atoms with Gasteiger partial charge >= 0.3 is 0 Å². The fourth-order valence-electron chi connectivity index (χ4n) is 1.08. The van der Waals surface area contributed by atoms with Crippen molar-refractivity contribution < 1.29 is 9.84 Å². The Kier molecular flexibility index (Phi) is 4.23. The molecule has 0 aliphatic heterocycles. The summed E-state index contributed by atoms with van der Waals surface area (Å²) in [5, 5.41) is 9.99. The van der Waals surface area contributed by atoms with Crippen molar-refractivity contribution >= 4 is 11.6 Å². The van der Waals surface area contributed by atoms with E-state index in [1.165, 1.54) is 0 Å². The summed E-state index contributed by atoms with van der Waals surface area (Å²) in [5.41, 5.74) is -0.235. The lowest BCUT2D eigenvalue weighted by molar-refractivity contribution is 0.143. The van der Waals surface area contributed by atoms with E-state index >= 15 is 0 Å². The van der Waals surface area contributed by atoms with Crippen LogP contribution in [0.15, 0.2) is 18.2 Å². The predicted molar refractivity (Wildman–Crippen MR) is 65.8 cm³/mol. The molecule has 0 radical (unpaired) electrons. The number of halogens is 1. The lowest BCUT2D eigenvalue weighted by Crippen LogP contribution is -2.14. The lowest BCUT2D eigenvalue weighted by atomic mass is 10.1. The zero-order valence-corrected chi connectivity index (χ0v) is 10.4. The summed E-state index contributed by atoms with van der Waals surface area (Å²) in [6.45, 7) is 5.75. The minimum absolute atomic E-state index is 0.532. The minimum Gasteiger partial charge on any atom is -0.492 e. The Morgan fingerprint density at radius 2 is 2.12 bits per heavy atom. The molecule has 0 aliphatic rings. The Morgan fingerprint density at radius 3 is 2.62 bits per heavy atom. The molecule has 3 heteroatoms. The van der Waals surface area contributed by atoms with Crippen molar-refractivity contribution in [1.82, 2.24) is 0 Å². The van der Waals surface area contributed by atoms with Gasteiger partial charge in [0.25, 0.3) is 0 Å². The average molecular weight is 239 g/mol. The molecule has 1 aromatic rings. The van der Waals surface area contributed by atoms with Gasteiger partial charge in [-0.15, -0.1) is 0 Å². The van der Waals surface area contributed by atoms with Gasteiger partial charge in [-0.1, -0.05) is 23.4 Å². The maximum absolute atomic E-state index is 9.46. The summed E-state index contributed by atoms with van der Waals surface area (Å²) in [6.07, 6.45) is 0. The Labute approximate surface area is 101 Å². The summed E-state index contributed by atoms with van der Waals surface area (Å²) >= 11 is 6.00. The van der Waals surface area contributed by atoms with Crippen LogP contribution in [0.5, 0.6) is 5.75 Å². The van der Waals surface area contributed by atoms with Gasteiger partial charge in [0.1, 0.15) is 11.4 Å². The van der Waals surface area contributed by atoms with Gasteiger partial charge in [-0.2, -0.15) is 0 Å². The molecule has 0 aromatic heterocycles. The first-order chi connectivity index (χ1) is 7.42. The normalized spacial score (nSPS) is 10.6. The van der Waals surface area contributed by atoms with E-state index in [2.05, 4.69) is 11.8 Å². The van der Waals surface area contributed by atoms with Crippen LogP contribution in [0, 0.1) is 11.8 Å². The SMILES string of the molecule is CCOc1ccc(C#CC(C)(C)O)cc1Cl. The molecule has 0 saturated heterocycles. The monoisotopic (exact) mass is 238 g/mol. The van der Waals surface area contributed by atoms with E-state index in [4.69, 9.17) is 16.3 Å². The van der Waals surface area contributed by atoms with Crippen LogP contribution in [-0.2, 0) is 0 Å². The molecule has 0 spiro atoms. The number of hydrogen-bond acceptors (Lipinski definition) is 2. The third-order valence-electron chi connectivity index (χ3n) is 1.74. The molecule has 0 unspecified atom stereocenters. The first-order valence-electron chi connectivity index (χ1n) is 5.10. The summed E-state index contributed by atoms with van der Waals surface area (Å²) in [6, 6.07) is 5.32. The largest absolute Gasteiger partial charge is 0.492 e. The Bertz CT molecular complexity index is 422. The summed E-state index contributed by atoms with van der Waals surface area (Å²) < 4.78 is 5.31. The highest BCUT2D eigenvalue weighted by molar-refractivity contribution is 6.32. The molecule has 16 heavy (non-hydrogen) atoms. The van der Waals surface area contributed by atoms with Gasteiger partial charge in [0, 0.05) is 5.56 Å². The molecule has 1 aromatic carbocycles. The van der Waals surface area contributed by atoms with Crippen LogP contribution in [0.4, 0.5) is 0 Å². The van der Waals surface area contributed by atoms with E-state index in [1.807, 2.05) is 13.0 Å². The molecule has 2 nitrogen and oxygen atoms in total. The minimum atomic E-state index is -0.995. The first kappa shape index (κ1) is 12.9. The van der Waals surface area contributed by atoms with Crippen molar-refractivity contribution in [1.29, 1.82) is 0 Å². The quantitative estimate of drug-likeness (QED) is 0.803. The van der Waals surface area contributed by atoms with Crippen molar-refractivity contribution in [2.24, 2.45) is 0 Å². The van der Waals surface area contributed by atoms with E-state index in [-0.39, 0.29) is 0 Å². The highest BCUT2D eigenvalue weighted by atomic mass is 35.5. The van der Waals surface area contributed by atoms with Crippen molar-refractivity contribution in [3.05, 3.63) is 28.8 Å². The standard InChI is InChI=1S/C13H15ClO2/c1-4-16-12-6-5-10(9-11(12)14)7-8-13(2,3)15/h5-6,9,15H,4H2,1-3H3. The van der Waals surface area contributed by atoms with Crippen LogP contribution >= 0.6 is 11.6 Å².